The van der Waals surface area contributed by atoms with Crippen LogP contribution in [0.1, 0.15) is 78.5 Å². The molecular formula is C33H42N5O11P. The Morgan fingerprint density at radius 3 is 2.56 bits per heavy atom. The molecule has 2 aliphatic heterocycles. The Morgan fingerprint density at radius 1 is 1.10 bits per heavy atom. The molecule has 16 nitrogen and oxygen atoms in total. The third kappa shape index (κ3) is 8.04. The van der Waals surface area contributed by atoms with Crippen LogP contribution in [0.3, 0.4) is 0 Å². The smallest absolute Gasteiger partial charge is 0.461 e. The van der Waals surface area contributed by atoms with Gasteiger partial charge < -0.3 is 28.2 Å². The fourth-order valence-electron chi connectivity index (χ4n) is 6.16. The number of hydrogen-bond acceptors (Lipinski definition) is 13. The lowest BCUT2D eigenvalue weighted by Gasteiger charge is -2.30. The van der Waals surface area contributed by atoms with E-state index in [4.69, 9.17) is 32.7 Å². The second-order valence-electron chi connectivity index (χ2n) is 13.7. The summed E-state index contributed by atoms with van der Waals surface area (Å²) in [5.74, 6) is -0.168. The number of para-hydroxylation sites is 1. The predicted octanol–water partition coefficient (Wildman–Crippen LogP) is 5.87. The van der Waals surface area contributed by atoms with Crippen LogP contribution >= 0.6 is 7.75 Å². The zero-order valence-corrected chi connectivity index (χ0v) is 29.4. The van der Waals surface area contributed by atoms with E-state index in [1.165, 1.54) is 17.8 Å². The summed E-state index contributed by atoms with van der Waals surface area (Å²) >= 11 is 0. The van der Waals surface area contributed by atoms with Gasteiger partial charge in [-0.1, -0.05) is 24.6 Å². The summed E-state index contributed by atoms with van der Waals surface area (Å²) in [6.07, 6.45) is 1.16. The molecule has 0 spiro atoms. The standard InChI is InChI=1S/C33H42N5O11P/c1-20(29(39)44-21-12-8-6-9-13-21)37-50(42,49-22-14-10-7-11-15-22)43-18-33(5)27-26(45-31(41)46-27)25(47-33)23-16-17-24-28(34-19-35-38(23)24)36-30(40)48-32(2,3)4/h7,10-11,14-17,19-21,25-27H,6,8-9,12-13,18H2,1-5H3,(H,37,42)(H,34,35,36,40)/t20-,25-,26-,27-,33+,50-/m0/s1. The number of anilines is 1. The Morgan fingerprint density at radius 2 is 1.84 bits per heavy atom. The van der Waals surface area contributed by atoms with Gasteiger partial charge >= 0.3 is 26.0 Å². The van der Waals surface area contributed by atoms with Crippen molar-refractivity contribution in [1.82, 2.24) is 19.7 Å². The molecule has 2 aromatic heterocycles. The third-order valence-corrected chi connectivity index (χ3v) is 10.1. The average Bonchev–Trinajstić information content (AvgIpc) is 3.74. The molecule has 4 heterocycles. The summed E-state index contributed by atoms with van der Waals surface area (Å²) < 4.78 is 56.2. The first kappa shape index (κ1) is 35.6. The van der Waals surface area contributed by atoms with E-state index in [-0.39, 0.29) is 17.7 Å². The lowest BCUT2D eigenvalue weighted by atomic mass is 9.97. The molecule has 2 N–H and O–H groups in total. The van der Waals surface area contributed by atoms with Gasteiger partial charge in [0.05, 0.1) is 12.3 Å². The molecule has 270 valence electrons. The maximum Gasteiger partial charge on any atom is 0.509 e. The Balaban J connectivity index is 1.22. The van der Waals surface area contributed by atoms with E-state index < -0.39 is 68.1 Å². The van der Waals surface area contributed by atoms with Crippen molar-refractivity contribution in [2.45, 2.75) is 108 Å². The van der Waals surface area contributed by atoms with Crippen molar-refractivity contribution >= 4 is 37.3 Å². The number of hydrogen-bond donors (Lipinski definition) is 2. The molecule has 1 aromatic carbocycles. The van der Waals surface area contributed by atoms with Gasteiger partial charge in [0.1, 0.15) is 47.0 Å². The van der Waals surface area contributed by atoms with Gasteiger partial charge in [0.25, 0.3) is 0 Å². The molecule has 3 aliphatic rings. The zero-order valence-electron chi connectivity index (χ0n) is 28.5. The highest BCUT2D eigenvalue weighted by atomic mass is 31.2. The van der Waals surface area contributed by atoms with Crippen molar-refractivity contribution in [3.05, 3.63) is 54.5 Å². The van der Waals surface area contributed by atoms with Crippen molar-refractivity contribution < 1.29 is 51.7 Å². The molecule has 6 rings (SSSR count). The first-order chi connectivity index (χ1) is 23.7. The monoisotopic (exact) mass is 715 g/mol. The van der Waals surface area contributed by atoms with Crippen molar-refractivity contribution in [3.8, 4) is 5.75 Å². The number of ether oxygens (including phenoxy) is 5. The van der Waals surface area contributed by atoms with Crippen molar-refractivity contribution in [3.63, 3.8) is 0 Å². The quantitative estimate of drug-likeness (QED) is 0.136. The fourth-order valence-corrected chi connectivity index (χ4v) is 7.75. The van der Waals surface area contributed by atoms with Crippen LogP contribution in [0.15, 0.2) is 48.8 Å². The van der Waals surface area contributed by atoms with Gasteiger partial charge in [-0.25, -0.2) is 23.7 Å². The number of benzene rings is 1. The number of carbonyl (C=O) groups is 3. The van der Waals surface area contributed by atoms with Crippen molar-refractivity contribution in [1.29, 1.82) is 0 Å². The highest BCUT2D eigenvalue weighted by Gasteiger charge is 2.62. The van der Waals surface area contributed by atoms with E-state index in [0.717, 1.165) is 32.1 Å². The minimum atomic E-state index is -4.30. The second kappa shape index (κ2) is 14.2. The van der Waals surface area contributed by atoms with Crippen molar-refractivity contribution in [2.24, 2.45) is 0 Å². The number of nitrogens with zero attached hydrogens (tertiary/aromatic N) is 3. The molecule has 0 radical (unpaired) electrons. The van der Waals surface area contributed by atoms with Crippen LogP contribution in [-0.2, 0) is 37.6 Å². The number of carbonyl (C=O) groups excluding carboxylic acids is 3. The summed E-state index contributed by atoms with van der Waals surface area (Å²) in [7, 11) is -4.30. The first-order valence-electron chi connectivity index (χ1n) is 16.6. The van der Waals surface area contributed by atoms with Gasteiger partial charge in [-0.3, -0.25) is 14.6 Å². The lowest BCUT2D eigenvalue weighted by Crippen LogP contribution is -2.44. The number of amides is 1. The lowest BCUT2D eigenvalue weighted by molar-refractivity contribution is -0.152. The summed E-state index contributed by atoms with van der Waals surface area (Å²) in [4.78, 5) is 42.2. The van der Waals surface area contributed by atoms with E-state index in [1.54, 1.807) is 70.2 Å². The Hall–Kier alpha value is -4.24. The minimum absolute atomic E-state index is 0.182. The number of aromatic nitrogens is 3. The van der Waals surface area contributed by atoms with Crippen LogP contribution in [0, 0.1) is 0 Å². The molecule has 3 aromatic rings. The van der Waals surface area contributed by atoms with Gasteiger partial charge in [0.2, 0.25) is 0 Å². The Bertz CT molecular complexity index is 1760. The zero-order chi connectivity index (χ0) is 35.7. The predicted molar refractivity (Wildman–Crippen MR) is 176 cm³/mol. The van der Waals surface area contributed by atoms with Crippen LogP contribution in [0.25, 0.3) is 5.52 Å². The molecule has 0 unspecified atom stereocenters. The second-order valence-corrected chi connectivity index (χ2v) is 15.4. The van der Waals surface area contributed by atoms with Crippen LogP contribution < -0.4 is 14.9 Å². The highest BCUT2D eigenvalue weighted by molar-refractivity contribution is 7.52. The molecule has 1 aliphatic carbocycles. The molecule has 2 saturated heterocycles. The Labute approximate surface area is 289 Å². The summed E-state index contributed by atoms with van der Waals surface area (Å²) in [5.41, 5.74) is -1.27. The molecular weight excluding hydrogens is 673 g/mol. The molecule has 0 bridgehead atoms. The molecule has 50 heavy (non-hydrogen) atoms. The van der Waals surface area contributed by atoms with Gasteiger partial charge in [-0.15, -0.1) is 0 Å². The van der Waals surface area contributed by atoms with E-state index in [1.807, 2.05) is 0 Å². The number of rotatable bonds is 11. The number of nitrogens with one attached hydrogen (secondary N) is 2. The maximum absolute atomic E-state index is 14.3. The molecule has 1 saturated carbocycles. The first-order valence-corrected chi connectivity index (χ1v) is 18.1. The van der Waals surface area contributed by atoms with Crippen LogP contribution in [0.5, 0.6) is 5.75 Å². The summed E-state index contributed by atoms with van der Waals surface area (Å²) in [5, 5.41) is 9.68. The maximum atomic E-state index is 14.3. The van der Waals surface area contributed by atoms with Crippen LogP contribution in [0.4, 0.5) is 15.4 Å². The fraction of sp³-hybridized carbons (Fsp3) is 0.545. The van der Waals surface area contributed by atoms with E-state index in [9.17, 15) is 18.9 Å². The van der Waals surface area contributed by atoms with Crippen LogP contribution in [-0.4, -0.2) is 75.0 Å². The van der Waals surface area contributed by atoms with Crippen molar-refractivity contribution in [2.75, 3.05) is 11.9 Å². The Kier molecular flexibility index (Phi) is 10.1. The van der Waals surface area contributed by atoms with E-state index >= 15 is 0 Å². The van der Waals surface area contributed by atoms with Gasteiger partial charge in [0.15, 0.2) is 18.0 Å². The normalized spacial score (nSPS) is 25.5. The SMILES string of the molecule is C[C@H](N[P@](=O)(OC[C@@]1(C)O[C@@H](c2ccc3c(NC(=O)OC(C)(C)C)ncnn23)[C@@H]2OC(=O)O[C@@H]21)Oc1ccccc1)C(=O)OC1CCCCC1. The topological polar surface area (TPSA) is 187 Å². The van der Waals surface area contributed by atoms with E-state index in [0.29, 0.717) is 11.2 Å². The number of fused-ring (bicyclic) bond motifs is 2. The average molecular weight is 716 g/mol. The van der Waals surface area contributed by atoms with Crippen LogP contribution in [0.2, 0.25) is 0 Å². The van der Waals surface area contributed by atoms with Gasteiger partial charge in [-0.05, 0) is 84.6 Å². The van der Waals surface area contributed by atoms with Gasteiger partial charge in [0, 0.05) is 0 Å². The highest BCUT2D eigenvalue weighted by Crippen LogP contribution is 2.51. The molecule has 1 amide bonds. The summed E-state index contributed by atoms with van der Waals surface area (Å²) in [6.45, 7) is 7.96. The largest absolute Gasteiger partial charge is 0.509 e. The molecule has 3 fully saturated rings. The van der Waals surface area contributed by atoms with Gasteiger partial charge in [-0.2, -0.15) is 10.2 Å². The third-order valence-electron chi connectivity index (χ3n) is 8.47. The van der Waals surface area contributed by atoms with E-state index in [2.05, 4.69) is 20.5 Å². The minimum Gasteiger partial charge on any atom is -0.461 e. The molecule has 6 atom stereocenters. The number of esters is 1. The molecule has 17 heteroatoms. The summed E-state index contributed by atoms with van der Waals surface area (Å²) in [6, 6.07) is 10.7.